The fraction of sp³-hybridized carbons (Fsp3) is 0.312. The molecule has 2 aromatic rings. The Balaban J connectivity index is 1.98. The molecule has 0 fully saturated rings. The highest BCUT2D eigenvalue weighted by molar-refractivity contribution is 6.30. The molecular formula is C16H19ClN4O. The van der Waals surface area contributed by atoms with Crippen molar-refractivity contribution in [2.45, 2.75) is 26.7 Å². The van der Waals surface area contributed by atoms with Crippen molar-refractivity contribution in [1.82, 2.24) is 10.2 Å². The van der Waals surface area contributed by atoms with Gasteiger partial charge in [0.1, 0.15) is 0 Å². The lowest BCUT2D eigenvalue weighted by atomic mass is 10.0. The molecule has 0 saturated carbocycles. The quantitative estimate of drug-likeness (QED) is 0.835. The fourth-order valence-corrected chi connectivity index (χ4v) is 2.16. The van der Waals surface area contributed by atoms with E-state index in [0.29, 0.717) is 16.7 Å². The standard InChI is InChI=1S/C16H19ClN4O/c1-3-11(4-2)16(22)19-15-10-9-14(20-21-15)18-13-7-5-12(17)6-8-13/h5-11H,3-4H2,1-2H3,(H,18,20)(H,19,21,22). The summed E-state index contributed by atoms with van der Waals surface area (Å²) in [6.45, 7) is 4.00. The molecule has 5 nitrogen and oxygen atoms in total. The minimum atomic E-state index is -0.0160. The predicted octanol–water partition coefficient (Wildman–Crippen LogP) is 4.25. The molecule has 0 aliphatic rings. The summed E-state index contributed by atoms with van der Waals surface area (Å²) in [6.07, 6.45) is 1.62. The zero-order valence-corrected chi connectivity index (χ0v) is 13.4. The second-order valence-electron chi connectivity index (χ2n) is 4.94. The molecule has 22 heavy (non-hydrogen) atoms. The molecule has 2 N–H and O–H groups in total. The molecule has 0 radical (unpaired) electrons. The van der Waals surface area contributed by atoms with Crippen LogP contribution in [0, 0.1) is 5.92 Å². The summed E-state index contributed by atoms with van der Waals surface area (Å²) in [4.78, 5) is 12.0. The molecule has 1 amide bonds. The number of carbonyl (C=O) groups excluding carboxylic acids is 1. The van der Waals surface area contributed by atoms with E-state index in [1.54, 1.807) is 24.3 Å². The van der Waals surface area contributed by atoms with Gasteiger partial charge in [-0.05, 0) is 49.2 Å². The molecule has 0 unspecified atom stereocenters. The molecule has 0 bridgehead atoms. The number of benzene rings is 1. The second-order valence-corrected chi connectivity index (χ2v) is 5.37. The van der Waals surface area contributed by atoms with Gasteiger partial charge < -0.3 is 10.6 Å². The van der Waals surface area contributed by atoms with Crippen LogP contribution in [0.4, 0.5) is 17.3 Å². The van der Waals surface area contributed by atoms with Crippen molar-refractivity contribution in [3.63, 3.8) is 0 Å². The van der Waals surface area contributed by atoms with Gasteiger partial charge in [0.05, 0.1) is 0 Å². The monoisotopic (exact) mass is 318 g/mol. The number of anilines is 3. The molecule has 0 spiro atoms. The number of aromatic nitrogens is 2. The summed E-state index contributed by atoms with van der Waals surface area (Å²) in [5.41, 5.74) is 0.868. The third kappa shape index (κ3) is 4.43. The minimum absolute atomic E-state index is 0.00803. The highest BCUT2D eigenvalue weighted by atomic mass is 35.5. The van der Waals surface area contributed by atoms with Gasteiger partial charge in [0.2, 0.25) is 5.91 Å². The Morgan fingerprint density at radius 3 is 2.18 bits per heavy atom. The van der Waals surface area contributed by atoms with E-state index in [1.807, 2.05) is 26.0 Å². The van der Waals surface area contributed by atoms with E-state index >= 15 is 0 Å². The Kier molecular flexibility index (Phi) is 5.72. The van der Waals surface area contributed by atoms with Gasteiger partial charge in [0.25, 0.3) is 0 Å². The van der Waals surface area contributed by atoms with Crippen LogP contribution >= 0.6 is 11.6 Å². The van der Waals surface area contributed by atoms with Gasteiger partial charge >= 0.3 is 0 Å². The highest BCUT2D eigenvalue weighted by Gasteiger charge is 2.14. The van der Waals surface area contributed by atoms with Crippen molar-refractivity contribution in [2.75, 3.05) is 10.6 Å². The van der Waals surface area contributed by atoms with E-state index in [1.165, 1.54) is 0 Å². The van der Waals surface area contributed by atoms with Crippen LogP contribution in [0.2, 0.25) is 5.02 Å². The maximum absolute atomic E-state index is 12.0. The lowest BCUT2D eigenvalue weighted by Gasteiger charge is -2.12. The summed E-state index contributed by atoms with van der Waals surface area (Å²) in [6, 6.07) is 10.8. The Labute approximate surface area is 135 Å². The average Bonchev–Trinajstić information content (AvgIpc) is 2.53. The number of hydrogen-bond donors (Lipinski definition) is 2. The van der Waals surface area contributed by atoms with Crippen LogP contribution in [-0.2, 0) is 4.79 Å². The molecule has 1 heterocycles. The maximum atomic E-state index is 12.0. The normalized spacial score (nSPS) is 10.5. The first-order valence-corrected chi connectivity index (χ1v) is 7.67. The zero-order valence-electron chi connectivity index (χ0n) is 12.6. The number of carbonyl (C=O) groups is 1. The summed E-state index contributed by atoms with van der Waals surface area (Å²) in [7, 11) is 0. The zero-order chi connectivity index (χ0) is 15.9. The van der Waals surface area contributed by atoms with Crippen LogP contribution < -0.4 is 10.6 Å². The van der Waals surface area contributed by atoms with Crippen LogP contribution in [0.1, 0.15) is 26.7 Å². The minimum Gasteiger partial charge on any atom is -0.339 e. The molecule has 0 atom stereocenters. The highest BCUT2D eigenvalue weighted by Crippen LogP contribution is 2.18. The Hall–Kier alpha value is -2.14. The summed E-state index contributed by atoms with van der Waals surface area (Å²) >= 11 is 5.84. The summed E-state index contributed by atoms with van der Waals surface area (Å²) in [5, 5.41) is 14.6. The molecular weight excluding hydrogens is 300 g/mol. The van der Waals surface area contributed by atoms with Gasteiger partial charge in [-0.25, -0.2) is 0 Å². The van der Waals surface area contributed by atoms with Gasteiger partial charge in [0.15, 0.2) is 11.6 Å². The number of nitrogens with zero attached hydrogens (tertiary/aromatic N) is 2. The molecule has 2 rings (SSSR count). The van der Waals surface area contributed by atoms with E-state index in [-0.39, 0.29) is 11.8 Å². The Morgan fingerprint density at radius 2 is 1.64 bits per heavy atom. The first kappa shape index (κ1) is 16.2. The van der Waals surface area contributed by atoms with Gasteiger partial charge in [-0.1, -0.05) is 25.4 Å². The fourth-order valence-electron chi connectivity index (χ4n) is 2.03. The smallest absolute Gasteiger partial charge is 0.228 e. The van der Waals surface area contributed by atoms with E-state index in [2.05, 4.69) is 20.8 Å². The first-order valence-electron chi connectivity index (χ1n) is 7.29. The van der Waals surface area contributed by atoms with Crippen molar-refractivity contribution in [3.05, 3.63) is 41.4 Å². The van der Waals surface area contributed by atoms with Crippen molar-refractivity contribution in [2.24, 2.45) is 5.92 Å². The van der Waals surface area contributed by atoms with Crippen molar-refractivity contribution < 1.29 is 4.79 Å². The number of halogens is 1. The Morgan fingerprint density at radius 1 is 1.05 bits per heavy atom. The molecule has 1 aromatic heterocycles. The topological polar surface area (TPSA) is 66.9 Å². The number of nitrogens with one attached hydrogen (secondary N) is 2. The van der Waals surface area contributed by atoms with Crippen LogP contribution in [0.5, 0.6) is 0 Å². The van der Waals surface area contributed by atoms with E-state index < -0.39 is 0 Å². The third-order valence-electron chi connectivity index (χ3n) is 3.39. The maximum Gasteiger partial charge on any atom is 0.228 e. The molecule has 0 saturated heterocycles. The number of rotatable bonds is 6. The van der Waals surface area contributed by atoms with Gasteiger partial charge in [-0.3, -0.25) is 4.79 Å². The van der Waals surface area contributed by atoms with Crippen molar-refractivity contribution >= 4 is 34.8 Å². The molecule has 6 heteroatoms. The lowest BCUT2D eigenvalue weighted by Crippen LogP contribution is -2.22. The van der Waals surface area contributed by atoms with Crippen molar-refractivity contribution in [1.29, 1.82) is 0 Å². The van der Waals surface area contributed by atoms with Crippen LogP contribution in [0.25, 0.3) is 0 Å². The molecule has 116 valence electrons. The van der Waals surface area contributed by atoms with Crippen LogP contribution in [-0.4, -0.2) is 16.1 Å². The summed E-state index contributed by atoms with van der Waals surface area (Å²) < 4.78 is 0. The average molecular weight is 319 g/mol. The van der Waals surface area contributed by atoms with Gasteiger partial charge in [0, 0.05) is 16.6 Å². The molecule has 0 aliphatic carbocycles. The van der Waals surface area contributed by atoms with E-state index in [0.717, 1.165) is 18.5 Å². The van der Waals surface area contributed by atoms with E-state index in [9.17, 15) is 4.79 Å². The summed E-state index contributed by atoms with van der Waals surface area (Å²) in [5.74, 6) is 1.05. The largest absolute Gasteiger partial charge is 0.339 e. The van der Waals surface area contributed by atoms with Gasteiger partial charge in [-0.15, -0.1) is 10.2 Å². The van der Waals surface area contributed by atoms with Crippen molar-refractivity contribution in [3.8, 4) is 0 Å². The van der Waals surface area contributed by atoms with Crippen LogP contribution in [0.15, 0.2) is 36.4 Å². The number of hydrogen-bond acceptors (Lipinski definition) is 4. The SMILES string of the molecule is CCC(CC)C(=O)Nc1ccc(Nc2ccc(Cl)cc2)nn1. The lowest BCUT2D eigenvalue weighted by molar-refractivity contribution is -0.120. The predicted molar refractivity (Wildman–Crippen MR) is 89.5 cm³/mol. The third-order valence-corrected chi connectivity index (χ3v) is 3.64. The van der Waals surface area contributed by atoms with Crippen LogP contribution in [0.3, 0.4) is 0 Å². The molecule has 1 aromatic carbocycles. The van der Waals surface area contributed by atoms with E-state index in [4.69, 9.17) is 11.6 Å². The first-order chi connectivity index (χ1) is 10.6. The Bertz CT molecular complexity index is 609. The molecule has 0 aliphatic heterocycles. The number of amides is 1. The second kappa shape index (κ2) is 7.75. The van der Waals surface area contributed by atoms with Gasteiger partial charge in [-0.2, -0.15) is 0 Å².